The Morgan fingerprint density at radius 1 is 1.64 bits per heavy atom. The number of rotatable bonds is 4. The maximum atomic E-state index is 11.5. The first-order chi connectivity index (χ1) is 6.65. The lowest BCUT2D eigenvalue weighted by molar-refractivity contribution is -0.142. The van der Waals surface area contributed by atoms with Crippen LogP contribution in [0, 0.1) is 0 Å². The van der Waals surface area contributed by atoms with Crippen molar-refractivity contribution in [1.29, 1.82) is 0 Å². The van der Waals surface area contributed by atoms with E-state index in [4.69, 9.17) is 5.11 Å². The minimum atomic E-state index is -0.973. The standard InChI is InChI=1S/C9H16N2O3/c1-2-6(9(13)14)11-8(12)7-4-3-5-10-7/h6-7,10H,2-5H2,1H3,(H,11,12)(H,13,14)/t6-,7+/m1/s1. The third kappa shape index (κ3) is 2.70. The SMILES string of the molecule is CC[C@@H](NC(=O)[C@@H]1CCCN1)C(=O)O. The van der Waals surface area contributed by atoms with Gasteiger partial charge in [0.2, 0.25) is 5.91 Å². The molecular weight excluding hydrogens is 184 g/mol. The predicted molar refractivity (Wildman–Crippen MR) is 50.9 cm³/mol. The molecule has 1 saturated heterocycles. The number of hydrogen-bond donors (Lipinski definition) is 3. The molecule has 0 bridgehead atoms. The molecule has 2 atom stereocenters. The summed E-state index contributed by atoms with van der Waals surface area (Å²) in [4.78, 5) is 22.1. The van der Waals surface area contributed by atoms with Crippen molar-refractivity contribution >= 4 is 11.9 Å². The van der Waals surface area contributed by atoms with Gasteiger partial charge in [0.25, 0.3) is 0 Å². The molecule has 1 aliphatic rings. The number of amides is 1. The van der Waals surface area contributed by atoms with E-state index in [1.54, 1.807) is 6.92 Å². The summed E-state index contributed by atoms with van der Waals surface area (Å²) in [7, 11) is 0. The Bertz CT molecular complexity index is 224. The van der Waals surface area contributed by atoms with Crippen molar-refractivity contribution in [2.75, 3.05) is 6.54 Å². The van der Waals surface area contributed by atoms with Crippen LogP contribution < -0.4 is 10.6 Å². The first-order valence-electron chi connectivity index (χ1n) is 4.91. The fourth-order valence-electron chi connectivity index (χ4n) is 1.52. The van der Waals surface area contributed by atoms with Gasteiger partial charge in [-0.1, -0.05) is 6.92 Å². The van der Waals surface area contributed by atoms with Gasteiger partial charge in [-0.3, -0.25) is 4.79 Å². The number of carboxylic acids is 1. The molecule has 0 aromatic rings. The summed E-state index contributed by atoms with van der Waals surface area (Å²) >= 11 is 0. The summed E-state index contributed by atoms with van der Waals surface area (Å²) in [5.74, 6) is -1.17. The van der Waals surface area contributed by atoms with Gasteiger partial charge in [0.15, 0.2) is 0 Å². The average Bonchev–Trinajstić information content (AvgIpc) is 2.65. The topological polar surface area (TPSA) is 78.4 Å². The van der Waals surface area contributed by atoms with Gasteiger partial charge in [-0.15, -0.1) is 0 Å². The molecule has 1 amide bonds. The van der Waals surface area contributed by atoms with E-state index in [1.807, 2.05) is 0 Å². The second-order valence-electron chi connectivity index (χ2n) is 3.46. The summed E-state index contributed by atoms with van der Waals surface area (Å²) in [6, 6.07) is -0.965. The lowest BCUT2D eigenvalue weighted by Gasteiger charge is -2.15. The van der Waals surface area contributed by atoms with Gasteiger partial charge in [0.05, 0.1) is 6.04 Å². The quantitative estimate of drug-likeness (QED) is 0.583. The molecule has 0 aliphatic carbocycles. The van der Waals surface area contributed by atoms with Crippen molar-refractivity contribution in [3.05, 3.63) is 0 Å². The third-order valence-electron chi connectivity index (χ3n) is 2.40. The Kier molecular flexibility index (Phi) is 3.88. The van der Waals surface area contributed by atoms with Crippen LogP contribution in [0.3, 0.4) is 0 Å². The Hall–Kier alpha value is -1.10. The van der Waals surface area contributed by atoms with Crippen LogP contribution in [-0.2, 0) is 9.59 Å². The zero-order valence-electron chi connectivity index (χ0n) is 8.25. The van der Waals surface area contributed by atoms with E-state index >= 15 is 0 Å². The molecule has 1 aliphatic heterocycles. The highest BCUT2D eigenvalue weighted by Gasteiger charge is 2.25. The van der Waals surface area contributed by atoms with E-state index in [0.29, 0.717) is 6.42 Å². The van der Waals surface area contributed by atoms with Gasteiger partial charge in [0, 0.05) is 0 Å². The highest BCUT2D eigenvalue weighted by atomic mass is 16.4. The molecule has 1 heterocycles. The molecule has 0 saturated carbocycles. The number of aliphatic carboxylic acids is 1. The monoisotopic (exact) mass is 200 g/mol. The molecule has 80 valence electrons. The fourth-order valence-corrected chi connectivity index (χ4v) is 1.52. The van der Waals surface area contributed by atoms with E-state index in [1.165, 1.54) is 0 Å². The average molecular weight is 200 g/mol. The molecule has 0 unspecified atom stereocenters. The lowest BCUT2D eigenvalue weighted by Crippen LogP contribution is -2.47. The van der Waals surface area contributed by atoms with E-state index in [0.717, 1.165) is 19.4 Å². The minimum Gasteiger partial charge on any atom is -0.480 e. The van der Waals surface area contributed by atoms with Crippen molar-refractivity contribution in [1.82, 2.24) is 10.6 Å². The van der Waals surface area contributed by atoms with Crippen LogP contribution in [0.1, 0.15) is 26.2 Å². The number of carbonyl (C=O) groups is 2. The molecule has 3 N–H and O–H groups in total. The Balaban J connectivity index is 2.41. The van der Waals surface area contributed by atoms with Crippen molar-refractivity contribution in [2.45, 2.75) is 38.3 Å². The molecule has 5 nitrogen and oxygen atoms in total. The van der Waals surface area contributed by atoms with Crippen LogP contribution in [0.2, 0.25) is 0 Å². The van der Waals surface area contributed by atoms with E-state index < -0.39 is 12.0 Å². The van der Waals surface area contributed by atoms with Crippen LogP contribution in [0.15, 0.2) is 0 Å². The van der Waals surface area contributed by atoms with Crippen LogP contribution in [0.4, 0.5) is 0 Å². The van der Waals surface area contributed by atoms with E-state index in [-0.39, 0.29) is 11.9 Å². The van der Waals surface area contributed by atoms with E-state index in [9.17, 15) is 9.59 Å². The van der Waals surface area contributed by atoms with Gasteiger partial charge >= 0.3 is 5.97 Å². The zero-order valence-corrected chi connectivity index (χ0v) is 8.25. The zero-order chi connectivity index (χ0) is 10.6. The fraction of sp³-hybridized carbons (Fsp3) is 0.778. The maximum Gasteiger partial charge on any atom is 0.326 e. The second-order valence-corrected chi connectivity index (χ2v) is 3.46. The minimum absolute atomic E-state index is 0.197. The molecule has 1 rings (SSSR count). The molecule has 5 heteroatoms. The number of carbonyl (C=O) groups excluding carboxylic acids is 1. The highest BCUT2D eigenvalue weighted by Crippen LogP contribution is 2.05. The van der Waals surface area contributed by atoms with Gasteiger partial charge in [-0.25, -0.2) is 4.79 Å². The molecule has 14 heavy (non-hydrogen) atoms. The van der Waals surface area contributed by atoms with Gasteiger partial charge in [-0.2, -0.15) is 0 Å². The van der Waals surface area contributed by atoms with Crippen LogP contribution in [-0.4, -0.2) is 35.6 Å². The molecular formula is C9H16N2O3. The molecule has 0 aromatic carbocycles. The summed E-state index contributed by atoms with van der Waals surface area (Å²) < 4.78 is 0. The number of hydrogen-bond acceptors (Lipinski definition) is 3. The maximum absolute atomic E-state index is 11.5. The second kappa shape index (κ2) is 4.95. The van der Waals surface area contributed by atoms with Crippen molar-refractivity contribution in [3.8, 4) is 0 Å². The Morgan fingerprint density at radius 3 is 2.79 bits per heavy atom. The molecule has 0 spiro atoms. The van der Waals surface area contributed by atoms with Crippen LogP contribution in [0.25, 0.3) is 0 Å². The van der Waals surface area contributed by atoms with E-state index in [2.05, 4.69) is 10.6 Å². The molecule has 0 radical (unpaired) electrons. The van der Waals surface area contributed by atoms with Crippen molar-refractivity contribution in [3.63, 3.8) is 0 Å². The van der Waals surface area contributed by atoms with Crippen LogP contribution >= 0.6 is 0 Å². The summed E-state index contributed by atoms with van der Waals surface area (Å²) in [5, 5.41) is 14.3. The van der Waals surface area contributed by atoms with Gasteiger partial charge < -0.3 is 15.7 Å². The number of nitrogens with one attached hydrogen (secondary N) is 2. The summed E-state index contributed by atoms with van der Waals surface area (Å²) in [6.07, 6.45) is 2.18. The number of carboxylic acid groups (broad SMARTS) is 1. The predicted octanol–water partition coefficient (Wildman–Crippen LogP) is -0.282. The normalized spacial score (nSPS) is 23.1. The smallest absolute Gasteiger partial charge is 0.326 e. The summed E-state index contributed by atoms with van der Waals surface area (Å²) in [5.41, 5.74) is 0. The van der Waals surface area contributed by atoms with Gasteiger partial charge in [0.1, 0.15) is 6.04 Å². The van der Waals surface area contributed by atoms with Crippen molar-refractivity contribution < 1.29 is 14.7 Å². The Morgan fingerprint density at radius 2 is 2.36 bits per heavy atom. The summed E-state index contributed by atoms with van der Waals surface area (Å²) in [6.45, 7) is 2.57. The van der Waals surface area contributed by atoms with Crippen LogP contribution in [0.5, 0.6) is 0 Å². The lowest BCUT2D eigenvalue weighted by atomic mass is 10.2. The molecule has 1 fully saturated rings. The molecule has 0 aromatic heterocycles. The van der Waals surface area contributed by atoms with Crippen molar-refractivity contribution in [2.24, 2.45) is 0 Å². The third-order valence-corrected chi connectivity index (χ3v) is 2.40. The largest absolute Gasteiger partial charge is 0.480 e. The van der Waals surface area contributed by atoms with Gasteiger partial charge in [-0.05, 0) is 25.8 Å². The Labute approximate surface area is 82.9 Å². The first-order valence-corrected chi connectivity index (χ1v) is 4.91. The first kappa shape index (κ1) is 11.0. The highest BCUT2D eigenvalue weighted by molar-refractivity contribution is 5.87.